The summed E-state index contributed by atoms with van der Waals surface area (Å²) >= 11 is 1.78. The maximum atomic E-state index is 12.1. The largest absolute Gasteiger partial charge is 0.357 e. The molecule has 0 bridgehead atoms. The summed E-state index contributed by atoms with van der Waals surface area (Å²) < 4.78 is 0. The van der Waals surface area contributed by atoms with Crippen LogP contribution in [0.2, 0.25) is 0 Å². The van der Waals surface area contributed by atoms with Crippen molar-refractivity contribution >= 4 is 47.2 Å². The summed E-state index contributed by atoms with van der Waals surface area (Å²) in [5.74, 6) is 0.746. The molecule has 0 spiro atoms. The van der Waals surface area contributed by atoms with Crippen molar-refractivity contribution in [3.05, 3.63) is 57.3 Å². The molecule has 1 amide bonds. The summed E-state index contributed by atoms with van der Waals surface area (Å²) in [6, 6.07) is 11.9. The lowest BCUT2D eigenvalue weighted by Gasteiger charge is -2.11. The maximum absolute atomic E-state index is 12.1. The minimum Gasteiger partial charge on any atom is -0.357 e. The second-order valence-corrected chi connectivity index (χ2v) is 7.39. The van der Waals surface area contributed by atoms with Gasteiger partial charge in [0.2, 0.25) is 0 Å². The summed E-state index contributed by atoms with van der Waals surface area (Å²) in [5, 5.41) is 9.52. The number of carbonyl (C=O) groups excluding carboxylic acids is 1. The Balaban J connectivity index is 0.00000364. The first-order valence-electron chi connectivity index (χ1n) is 9.07. The lowest BCUT2D eigenvalue weighted by molar-refractivity contribution is 0.0953. The van der Waals surface area contributed by atoms with E-state index in [2.05, 4.69) is 40.0 Å². The molecule has 0 unspecified atom stereocenters. The summed E-state index contributed by atoms with van der Waals surface area (Å²) in [7, 11) is 0. The third-order valence-corrected chi connectivity index (χ3v) is 4.72. The van der Waals surface area contributed by atoms with E-state index < -0.39 is 0 Å². The predicted molar refractivity (Wildman–Crippen MR) is 125 cm³/mol. The van der Waals surface area contributed by atoms with Crippen LogP contribution in [0.1, 0.15) is 45.9 Å². The van der Waals surface area contributed by atoms with Gasteiger partial charge in [-0.15, -0.1) is 35.3 Å². The number of rotatable bonds is 8. The average molecular weight is 500 g/mol. The molecule has 2 aromatic rings. The van der Waals surface area contributed by atoms with Crippen LogP contribution in [0.4, 0.5) is 0 Å². The first-order chi connectivity index (χ1) is 12.6. The Morgan fingerprint density at radius 3 is 2.59 bits per heavy atom. The average Bonchev–Trinajstić information content (AvgIpc) is 3.07. The molecule has 148 valence electrons. The van der Waals surface area contributed by atoms with Gasteiger partial charge in [-0.25, -0.2) is 4.99 Å². The van der Waals surface area contributed by atoms with E-state index in [1.165, 1.54) is 9.75 Å². The van der Waals surface area contributed by atoms with Gasteiger partial charge < -0.3 is 16.0 Å². The normalized spacial score (nSPS) is 10.9. The van der Waals surface area contributed by atoms with Crippen LogP contribution in [0.3, 0.4) is 0 Å². The minimum absolute atomic E-state index is 0. The van der Waals surface area contributed by atoms with Crippen LogP contribution < -0.4 is 16.0 Å². The van der Waals surface area contributed by atoms with Crippen molar-refractivity contribution in [2.75, 3.05) is 13.1 Å². The molecular formula is C20H29IN4OS. The van der Waals surface area contributed by atoms with Crippen LogP contribution in [-0.4, -0.2) is 25.0 Å². The van der Waals surface area contributed by atoms with E-state index in [4.69, 9.17) is 0 Å². The fourth-order valence-electron chi connectivity index (χ4n) is 2.41. The van der Waals surface area contributed by atoms with Crippen LogP contribution >= 0.6 is 35.3 Å². The fourth-order valence-corrected chi connectivity index (χ4v) is 3.24. The van der Waals surface area contributed by atoms with Crippen LogP contribution in [0.15, 0.2) is 41.4 Å². The molecule has 27 heavy (non-hydrogen) atoms. The highest BCUT2D eigenvalue weighted by atomic mass is 127. The van der Waals surface area contributed by atoms with Gasteiger partial charge in [-0.05, 0) is 50.1 Å². The minimum atomic E-state index is -0.0317. The zero-order valence-corrected chi connectivity index (χ0v) is 19.3. The van der Waals surface area contributed by atoms with E-state index in [1.54, 1.807) is 11.3 Å². The smallest absolute Gasteiger partial charge is 0.251 e. The SMILES string of the molecule is CCCNC(=O)c1cccc(CN=C(NCC)NCc2ccc(C)s2)c1.I. The maximum Gasteiger partial charge on any atom is 0.251 e. The molecule has 1 aromatic carbocycles. The van der Waals surface area contributed by atoms with Gasteiger partial charge in [0.1, 0.15) is 0 Å². The summed E-state index contributed by atoms with van der Waals surface area (Å²) in [5.41, 5.74) is 1.69. The number of carbonyl (C=O) groups is 1. The summed E-state index contributed by atoms with van der Waals surface area (Å²) in [6.07, 6.45) is 0.928. The van der Waals surface area contributed by atoms with Crippen LogP contribution in [0, 0.1) is 6.92 Å². The molecule has 0 aliphatic rings. The first kappa shape index (κ1) is 23.4. The second kappa shape index (κ2) is 12.7. The summed E-state index contributed by atoms with van der Waals surface area (Å²) in [4.78, 5) is 19.3. The quantitative estimate of drug-likeness (QED) is 0.291. The molecule has 0 radical (unpaired) electrons. The lowest BCUT2D eigenvalue weighted by atomic mass is 10.1. The Morgan fingerprint density at radius 1 is 1.11 bits per heavy atom. The van der Waals surface area contributed by atoms with Gasteiger partial charge in [0.15, 0.2) is 5.96 Å². The van der Waals surface area contributed by atoms with Gasteiger partial charge in [0, 0.05) is 28.4 Å². The van der Waals surface area contributed by atoms with E-state index in [1.807, 2.05) is 38.1 Å². The number of amides is 1. The molecule has 0 saturated heterocycles. The molecule has 1 heterocycles. The molecule has 2 rings (SSSR count). The molecule has 7 heteroatoms. The molecular weight excluding hydrogens is 471 g/mol. The van der Waals surface area contributed by atoms with E-state index in [0.717, 1.165) is 31.0 Å². The molecule has 0 atom stereocenters. The second-order valence-electron chi connectivity index (χ2n) is 6.02. The van der Waals surface area contributed by atoms with Crippen molar-refractivity contribution < 1.29 is 4.79 Å². The highest BCUT2D eigenvalue weighted by Gasteiger charge is 2.05. The van der Waals surface area contributed by atoms with Gasteiger partial charge >= 0.3 is 0 Å². The molecule has 0 aliphatic carbocycles. The van der Waals surface area contributed by atoms with Crippen molar-refractivity contribution in [2.24, 2.45) is 4.99 Å². The number of aryl methyl sites for hydroxylation is 1. The Labute approximate surface area is 183 Å². The number of thiophene rings is 1. The van der Waals surface area contributed by atoms with E-state index in [9.17, 15) is 4.79 Å². The molecule has 3 N–H and O–H groups in total. The van der Waals surface area contributed by atoms with Crippen LogP contribution in [0.25, 0.3) is 0 Å². The monoisotopic (exact) mass is 500 g/mol. The molecule has 0 saturated carbocycles. The lowest BCUT2D eigenvalue weighted by Crippen LogP contribution is -2.36. The topological polar surface area (TPSA) is 65.5 Å². The van der Waals surface area contributed by atoms with Crippen LogP contribution in [-0.2, 0) is 13.1 Å². The standard InChI is InChI=1S/C20H28N4OS.HI/c1-4-11-22-19(25)17-8-6-7-16(12-17)13-23-20(21-5-2)24-14-18-10-9-15(3)26-18;/h6-10,12H,4-5,11,13-14H2,1-3H3,(H,22,25)(H2,21,23,24);1H. The van der Waals surface area contributed by atoms with Crippen molar-refractivity contribution in [1.29, 1.82) is 0 Å². The number of nitrogens with one attached hydrogen (secondary N) is 3. The van der Waals surface area contributed by atoms with Crippen molar-refractivity contribution in [1.82, 2.24) is 16.0 Å². The molecule has 0 aliphatic heterocycles. The predicted octanol–water partition coefficient (Wildman–Crippen LogP) is 4.07. The van der Waals surface area contributed by atoms with Crippen LogP contribution in [0.5, 0.6) is 0 Å². The zero-order valence-electron chi connectivity index (χ0n) is 16.2. The van der Waals surface area contributed by atoms with Gasteiger partial charge in [-0.1, -0.05) is 19.1 Å². The number of aliphatic imine (C=N–C) groups is 1. The van der Waals surface area contributed by atoms with Crippen molar-refractivity contribution in [2.45, 2.75) is 40.3 Å². The first-order valence-corrected chi connectivity index (χ1v) is 9.88. The number of halogens is 1. The zero-order chi connectivity index (χ0) is 18.8. The summed E-state index contributed by atoms with van der Waals surface area (Å²) in [6.45, 7) is 8.96. The van der Waals surface area contributed by atoms with Gasteiger partial charge in [0.05, 0.1) is 13.1 Å². The molecule has 1 aromatic heterocycles. The third-order valence-electron chi connectivity index (χ3n) is 3.71. The Kier molecular flexibility index (Phi) is 11.0. The van der Waals surface area contributed by atoms with E-state index >= 15 is 0 Å². The Morgan fingerprint density at radius 2 is 1.93 bits per heavy atom. The molecule has 0 fully saturated rings. The third kappa shape index (κ3) is 8.30. The highest BCUT2D eigenvalue weighted by Crippen LogP contribution is 2.14. The number of nitrogens with zero attached hydrogens (tertiary/aromatic N) is 1. The Hall–Kier alpha value is -1.61. The van der Waals surface area contributed by atoms with E-state index in [0.29, 0.717) is 18.7 Å². The van der Waals surface area contributed by atoms with Crippen molar-refractivity contribution in [3.63, 3.8) is 0 Å². The fraction of sp³-hybridized carbons (Fsp3) is 0.400. The number of guanidine groups is 1. The van der Waals surface area contributed by atoms with Crippen molar-refractivity contribution in [3.8, 4) is 0 Å². The highest BCUT2D eigenvalue weighted by molar-refractivity contribution is 14.0. The Bertz CT molecular complexity index is 745. The number of hydrogen-bond donors (Lipinski definition) is 3. The van der Waals surface area contributed by atoms with Gasteiger partial charge in [-0.2, -0.15) is 0 Å². The van der Waals surface area contributed by atoms with Gasteiger partial charge in [0.25, 0.3) is 5.91 Å². The van der Waals surface area contributed by atoms with E-state index in [-0.39, 0.29) is 29.9 Å². The molecule has 5 nitrogen and oxygen atoms in total. The number of benzene rings is 1. The van der Waals surface area contributed by atoms with Gasteiger partial charge in [-0.3, -0.25) is 4.79 Å². The number of hydrogen-bond acceptors (Lipinski definition) is 3.